The van der Waals surface area contributed by atoms with Gasteiger partial charge in [0.05, 0.1) is 28.1 Å². The van der Waals surface area contributed by atoms with Gasteiger partial charge in [0, 0.05) is 13.1 Å². The molecule has 0 radical (unpaired) electrons. The zero-order valence-electron chi connectivity index (χ0n) is 18.1. The predicted molar refractivity (Wildman–Crippen MR) is 122 cm³/mol. The summed E-state index contributed by atoms with van der Waals surface area (Å²) in [7, 11) is -3.67. The molecule has 168 valence electrons. The van der Waals surface area contributed by atoms with Crippen molar-refractivity contribution in [1.29, 1.82) is 0 Å². The number of amides is 1. The van der Waals surface area contributed by atoms with Crippen molar-refractivity contribution in [1.82, 2.24) is 9.62 Å². The first-order valence-corrected chi connectivity index (χ1v) is 12.4. The van der Waals surface area contributed by atoms with Crippen molar-refractivity contribution >= 4 is 27.5 Å². The van der Waals surface area contributed by atoms with Crippen molar-refractivity contribution in [2.75, 3.05) is 19.7 Å². The molecule has 1 heterocycles. The van der Waals surface area contributed by atoms with Crippen molar-refractivity contribution in [2.45, 2.75) is 44.6 Å². The molecule has 0 spiro atoms. The number of benzene rings is 2. The van der Waals surface area contributed by atoms with E-state index in [1.807, 2.05) is 38.1 Å². The highest BCUT2D eigenvalue weighted by molar-refractivity contribution is 7.89. The monoisotopic (exact) mass is 464 g/mol. The van der Waals surface area contributed by atoms with Crippen LogP contribution < -0.4 is 10.1 Å². The van der Waals surface area contributed by atoms with E-state index in [0.29, 0.717) is 25.6 Å². The average molecular weight is 465 g/mol. The molecule has 8 heteroatoms. The molecule has 1 unspecified atom stereocenters. The summed E-state index contributed by atoms with van der Waals surface area (Å²) in [4.78, 5) is 13.0. The lowest BCUT2D eigenvalue weighted by Crippen LogP contribution is -2.38. The molecule has 0 aliphatic carbocycles. The largest absolute Gasteiger partial charge is 0.494 e. The minimum Gasteiger partial charge on any atom is -0.494 e. The van der Waals surface area contributed by atoms with Crippen molar-refractivity contribution in [3.63, 3.8) is 0 Å². The molecule has 0 bridgehead atoms. The number of nitrogens with zero attached hydrogens (tertiary/aromatic N) is 1. The molecule has 1 N–H and O–H groups in total. The number of hydrogen-bond acceptors (Lipinski definition) is 4. The van der Waals surface area contributed by atoms with Crippen molar-refractivity contribution in [3.05, 3.63) is 58.6 Å². The second kappa shape index (κ2) is 10.0. The van der Waals surface area contributed by atoms with Gasteiger partial charge in [-0.15, -0.1) is 0 Å². The van der Waals surface area contributed by atoms with Gasteiger partial charge in [-0.2, -0.15) is 4.31 Å². The molecule has 3 rings (SSSR count). The van der Waals surface area contributed by atoms with Crippen LogP contribution in [-0.2, 0) is 10.0 Å². The van der Waals surface area contributed by atoms with E-state index in [-0.39, 0.29) is 21.5 Å². The van der Waals surface area contributed by atoms with Crippen molar-refractivity contribution in [3.8, 4) is 5.75 Å². The Morgan fingerprint density at radius 3 is 2.45 bits per heavy atom. The van der Waals surface area contributed by atoms with Gasteiger partial charge in [0.2, 0.25) is 10.0 Å². The summed E-state index contributed by atoms with van der Waals surface area (Å²) in [5.41, 5.74) is 1.05. The summed E-state index contributed by atoms with van der Waals surface area (Å²) in [5, 5.41) is 3.11. The van der Waals surface area contributed by atoms with Gasteiger partial charge in [0.25, 0.3) is 5.91 Å². The van der Waals surface area contributed by atoms with Crippen LogP contribution in [-0.4, -0.2) is 38.3 Å². The second-order valence-corrected chi connectivity index (χ2v) is 10.3. The van der Waals surface area contributed by atoms with E-state index in [2.05, 4.69) is 12.2 Å². The molecule has 1 aliphatic heterocycles. The Balaban J connectivity index is 1.76. The minimum absolute atomic E-state index is 0.0883. The fraction of sp³-hybridized carbons (Fsp3) is 0.435. The van der Waals surface area contributed by atoms with Crippen molar-refractivity contribution in [2.24, 2.45) is 5.92 Å². The molecule has 2 aromatic carbocycles. The smallest absolute Gasteiger partial charge is 0.253 e. The fourth-order valence-corrected chi connectivity index (χ4v) is 5.29. The van der Waals surface area contributed by atoms with Crippen LogP contribution in [0.3, 0.4) is 0 Å². The maximum atomic E-state index is 13.0. The number of carbonyl (C=O) groups excluding carboxylic acids is 1. The van der Waals surface area contributed by atoms with Crippen LogP contribution in [0.1, 0.15) is 55.6 Å². The van der Waals surface area contributed by atoms with Gasteiger partial charge < -0.3 is 10.1 Å². The molecule has 1 amide bonds. The Bertz CT molecular complexity index is 1020. The van der Waals surface area contributed by atoms with E-state index in [0.717, 1.165) is 24.2 Å². The molecule has 0 aromatic heterocycles. The highest BCUT2D eigenvalue weighted by Crippen LogP contribution is 2.27. The van der Waals surface area contributed by atoms with Crippen LogP contribution in [0.25, 0.3) is 0 Å². The first-order valence-electron chi connectivity index (χ1n) is 10.6. The highest BCUT2D eigenvalue weighted by atomic mass is 35.5. The van der Waals surface area contributed by atoms with Crippen molar-refractivity contribution < 1.29 is 17.9 Å². The minimum atomic E-state index is -3.67. The van der Waals surface area contributed by atoms with Crippen LogP contribution in [0.4, 0.5) is 0 Å². The van der Waals surface area contributed by atoms with Crippen LogP contribution in [0.2, 0.25) is 5.02 Å². The van der Waals surface area contributed by atoms with Gasteiger partial charge in [-0.05, 0) is 68.5 Å². The van der Waals surface area contributed by atoms with E-state index in [1.54, 1.807) is 0 Å². The van der Waals surface area contributed by atoms with E-state index < -0.39 is 15.9 Å². The zero-order valence-corrected chi connectivity index (χ0v) is 19.7. The van der Waals surface area contributed by atoms with Gasteiger partial charge in [0.15, 0.2) is 0 Å². The lowest BCUT2D eigenvalue weighted by atomic mass is 10.0. The average Bonchev–Trinajstić information content (AvgIpc) is 2.75. The summed E-state index contributed by atoms with van der Waals surface area (Å²) in [6.07, 6.45) is 1.67. The lowest BCUT2D eigenvalue weighted by Gasteiger charge is -2.29. The molecule has 1 atom stereocenters. The Morgan fingerprint density at radius 2 is 1.84 bits per heavy atom. The molecule has 2 aromatic rings. The third-order valence-corrected chi connectivity index (χ3v) is 7.83. The zero-order chi connectivity index (χ0) is 22.6. The van der Waals surface area contributed by atoms with Gasteiger partial charge in [0.1, 0.15) is 5.75 Å². The SMILES string of the molecule is CCOc1ccc(C(C)NC(=O)c2cc(S(=O)(=O)N3CCC(C)CC3)ccc2Cl)cc1. The molecule has 31 heavy (non-hydrogen) atoms. The van der Waals surface area contributed by atoms with Gasteiger partial charge in [-0.25, -0.2) is 8.42 Å². The first-order chi connectivity index (χ1) is 14.7. The molecule has 1 fully saturated rings. The molecule has 1 saturated heterocycles. The number of halogens is 1. The predicted octanol–water partition coefficient (Wildman–Crippen LogP) is 4.65. The fourth-order valence-electron chi connectivity index (χ4n) is 3.59. The van der Waals surface area contributed by atoms with E-state index >= 15 is 0 Å². The second-order valence-electron chi connectivity index (χ2n) is 7.93. The summed E-state index contributed by atoms with van der Waals surface area (Å²) >= 11 is 6.25. The molecule has 0 saturated carbocycles. The number of nitrogens with one attached hydrogen (secondary N) is 1. The van der Waals surface area contributed by atoms with Crippen LogP contribution in [0.5, 0.6) is 5.75 Å². The number of ether oxygens (including phenoxy) is 1. The standard InChI is InChI=1S/C23H29ClN2O4S/c1-4-30-19-7-5-18(6-8-19)17(3)25-23(27)21-15-20(9-10-22(21)24)31(28,29)26-13-11-16(2)12-14-26/h5-10,15-17H,4,11-14H2,1-3H3,(H,25,27). The quantitative estimate of drug-likeness (QED) is 0.647. The Labute approximate surface area is 189 Å². The number of piperidine rings is 1. The molecular weight excluding hydrogens is 436 g/mol. The van der Waals surface area contributed by atoms with Gasteiger partial charge >= 0.3 is 0 Å². The Hall–Kier alpha value is -2.09. The van der Waals surface area contributed by atoms with Gasteiger partial charge in [-0.3, -0.25) is 4.79 Å². The maximum Gasteiger partial charge on any atom is 0.253 e. The van der Waals surface area contributed by atoms with Crippen LogP contribution >= 0.6 is 11.6 Å². The summed E-state index contributed by atoms with van der Waals surface area (Å²) in [6.45, 7) is 7.46. The van der Waals surface area contributed by atoms with E-state index in [1.165, 1.54) is 22.5 Å². The molecule has 6 nitrogen and oxygen atoms in total. The number of rotatable bonds is 7. The van der Waals surface area contributed by atoms with Crippen LogP contribution in [0.15, 0.2) is 47.4 Å². The lowest BCUT2D eigenvalue weighted by molar-refractivity contribution is 0.0940. The molecule has 1 aliphatic rings. The summed E-state index contributed by atoms with van der Waals surface area (Å²) in [6, 6.07) is 11.5. The van der Waals surface area contributed by atoms with E-state index in [4.69, 9.17) is 16.3 Å². The highest BCUT2D eigenvalue weighted by Gasteiger charge is 2.29. The normalized spacial score (nSPS) is 16.6. The van der Waals surface area contributed by atoms with Gasteiger partial charge in [-0.1, -0.05) is 30.7 Å². The third-order valence-electron chi connectivity index (χ3n) is 5.60. The number of sulfonamides is 1. The summed E-state index contributed by atoms with van der Waals surface area (Å²) < 4.78 is 33.0. The Kier molecular flexibility index (Phi) is 7.62. The molecular formula is C23H29ClN2O4S. The third kappa shape index (κ3) is 5.59. The maximum absolute atomic E-state index is 13.0. The van der Waals surface area contributed by atoms with E-state index in [9.17, 15) is 13.2 Å². The topological polar surface area (TPSA) is 75.7 Å². The number of carbonyl (C=O) groups is 1. The Morgan fingerprint density at radius 1 is 1.19 bits per heavy atom. The number of hydrogen-bond donors (Lipinski definition) is 1. The first kappa shape index (κ1) is 23.6. The van der Waals surface area contributed by atoms with Crippen LogP contribution in [0, 0.1) is 5.92 Å². The summed E-state index contributed by atoms with van der Waals surface area (Å²) in [5.74, 6) is 0.857.